The monoisotopic (exact) mass is 271 g/mol. The van der Waals surface area contributed by atoms with Crippen LogP contribution in [0, 0.1) is 0 Å². The molecule has 3 rings (SSSR count). The van der Waals surface area contributed by atoms with Crippen LogP contribution in [0.15, 0.2) is 30.6 Å². The van der Waals surface area contributed by atoms with Crippen molar-refractivity contribution in [2.75, 3.05) is 11.9 Å². The summed E-state index contributed by atoms with van der Waals surface area (Å²) in [6.45, 7) is 2.01. The topological polar surface area (TPSA) is 73.9 Å². The Labute approximate surface area is 117 Å². The molecule has 1 amide bonds. The maximum Gasteiger partial charge on any atom is 0.228 e. The first-order valence-corrected chi connectivity index (χ1v) is 6.63. The number of hydrogen-bond acceptors (Lipinski definition) is 4. The third-order valence-electron chi connectivity index (χ3n) is 3.72. The molecule has 2 atom stereocenters. The number of carbonyl (C=O) groups excluding carboxylic acids is 1. The predicted octanol–water partition coefficient (Wildman–Crippen LogP) is 1.56. The van der Waals surface area contributed by atoms with E-state index in [-0.39, 0.29) is 18.0 Å². The number of carbonyl (C=O) groups is 1. The van der Waals surface area contributed by atoms with Crippen LogP contribution in [0.3, 0.4) is 0 Å². The molecule has 20 heavy (non-hydrogen) atoms. The number of aromatic amines is 1. The number of nitrogens with zero attached hydrogens (tertiary/aromatic N) is 3. The average Bonchev–Trinajstić information content (AvgIpc) is 2.99. The first kappa shape index (κ1) is 12.8. The number of anilines is 1. The van der Waals surface area contributed by atoms with Crippen molar-refractivity contribution in [1.82, 2.24) is 20.5 Å². The van der Waals surface area contributed by atoms with Crippen LogP contribution in [0.5, 0.6) is 0 Å². The molecule has 1 aliphatic rings. The van der Waals surface area contributed by atoms with Gasteiger partial charge < -0.3 is 10.2 Å². The number of H-pyrrole nitrogens is 1. The molecular formula is C14H17N5O. The standard InChI is InChI=1S/C14H17N5O/c1-9(14-15-8-16-18-14)17-11-7-13(20)19(2)12-6-4-3-5-10(11)12/h3-6,8-9,11,17H,7H2,1-2H3,(H,15,16,18). The van der Waals surface area contributed by atoms with Gasteiger partial charge in [0.05, 0.1) is 6.04 Å². The third kappa shape index (κ3) is 2.18. The van der Waals surface area contributed by atoms with E-state index < -0.39 is 0 Å². The third-order valence-corrected chi connectivity index (χ3v) is 3.72. The van der Waals surface area contributed by atoms with E-state index in [0.29, 0.717) is 6.42 Å². The summed E-state index contributed by atoms with van der Waals surface area (Å²) in [6.07, 6.45) is 1.94. The van der Waals surface area contributed by atoms with Gasteiger partial charge in [-0.15, -0.1) is 0 Å². The van der Waals surface area contributed by atoms with Crippen LogP contribution in [-0.4, -0.2) is 28.1 Å². The van der Waals surface area contributed by atoms with Gasteiger partial charge in [-0.3, -0.25) is 9.89 Å². The van der Waals surface area contributed by atoms with E-state index in [9.17, 15) is 4.79 Å². The Bertz CT molecular complexity index is 610. The van der Waals surface area contributed by atoms with Crippen LogP contribution in [0.25, 0.3) is 0 Å². The summed E-state index contributed by atoms with van der Waals surface area (Å²) in [5, 5.41) is 10.2. The molecule has 6 heteroatoms. The number of para-hydroxylation sites is 1. The number of amides is 1. The zero-order chi connectivity index (χ0) is 14.1. The summed E-state index contributed by atoms with van der Waals surface area (Å²) >= 11 is 0. The fourth-order valence-electron chi connectivity index (χ4n) is 2.60. The molecule has 0 aliphatic carbocycles. The Kier molecular flexibility index (Phi) is 3.23. The quantitative estimate of drug-likeness (QED) is 0.888. The van der Waals surface area contributed by atoms with Crippen LogP contribution >= 0.6 is 0 Å². The molecule has 2 aromatic rings. The lowest BCUT2D eigenvalue weighted by molar-refractivity contribution is -0.119. The molecule has 2 unspecified atom stereocenters. The van der Waals surface area contributed by atoms with Crippen LogP contribution < -0.4 is 10.2 Å². The van der Waals surface area contributed by atoms with E-state index in [0.717, 1.165) is 17.1 Å². The predicted molar refractivity (Wildman–Crippen MR) is 75.1 cm³/mol. The van der Waals surface area contributed by atoms with Crippen LogP contribution in [-0.2, 0) is 4.79 Å². The molecule has 1 aromatic carbocycles. The van der Waals surface area contributed by atoms with Gasteiger partial charge in [-0.05, 0) is 18.6 Å². The van der Waals surface area contributed by atoms with E-state index in [1.807, 2.05) is 32.2 Å². The van der Waals surface area contributed by atoms with E-state index in [1.165, 1.54) is 6.33 Å². The summed E-state index contributed by atoms with van der Waals surface area (Å²) in [5.74, 6) is 0.889. The lowest BCUT2D eigenvalue weighted by atomic mass is 9.95. The Morgan fingerprint density at radius 1 is 1.45 bits per heavy atom. The van der Waals surface area contributed by atoms with Gasteiger partial charge in [-0.2, -0.15) is 5.10 Å². The highest BCUT2D eigenvalue weighted by Crippen LogP contribution is 2.34. The number of nitrogens with one attached hydrogen (secondary N) is 2. The van der Waals surface area contributed by atoms with Crippen molar-refractivity contribution >= 4 is 11.6 Å². The summed E-state index contributed by atoms with van der Waals surface area (Å²) in [6, 6.07) is 7.98. The second kappa shape index (κ2) is 5.05. The number of rotatable bonds is 3. The molecule has 1 aromatic heterocycles. The van der Waals surface area contributed by atoms with E-state index >= 15 is 0 Å². The highest BCUT2D eigenvalue weighted by atomic mass is 16.2. The summed E-state index contributed by atoms with van der Waals surface area (Å²) < 4.78 is 0. The fraction of sp³-hybridized carbons (Fsp3) is 0.357. The molecular weight excluding hydrogens is 254 g/mol. The highest BCUT2D eigenvalue weighted by Gasteiger charge is 2.30. The Balaban J connectivity index is 1.87. The largest absolute Gasteiger partial charge is 0.315 e. The first-order valence-electron chi connectivity index (χ1n) is 6.63. The van der Waals surface area contributed by atoms with Gasteiger partial charge in [-0.25, -0.2) is 4.98 Å². The molecule has 2 N–H and O–H groups in total. The SMILES string of the molecule is CC(NC1CC(=O)N(C)c2ccccc21)c1ncn[nH]1. The molecule has 0 bridgehead atoms. The van der Waals surface area contributed by atoms with E-state index in [2.05, 4.69) is 26.6 Å². The molecule has 104 valence electrons. The highest BCUT2D eigenvalue weighted by molar-refractivity contribution is 5.96. The second-order valence-electron chi connectivity index (χ2n) is 5.03. The minimum Gasteiger partial charge on any atom is -0.315 e. The minimum atomic E-state index is -0.00463. The lowest BCUT2D eigenvalue weighted by Gasteiger charge is -2.33. The van der Waals surface area contributed by atoms with Gasteiger partial charge in [-0.1, -0.05) is 18.2 Å². The van der Waals surface area contributed by atoms with Gasteiger partial charge >= 0.3 is 0 Å². The maximum absolute atomic E-state index is 12.1. The van der Waals surface area contributed by atoms with Crippen molar-refractivity contribution in [3.63, 3.8) is 0 Å². The van der Waals surface area contributed by atoms with Gasteiger partial charge in [0.1, 0.15) is 12.2 Å². The first-order chi connectivity index (χ1) is 9.66. The number of benzene rings is 1. The number of fused-ring (bicyclic) bond motifs is 1. The summed E-state index contributed by atoms with van der Waals surface area (Å²) in [4.78, 5) is 17.9. The summed E-state index contributed by atoms with van der Waals surface area (Å²) in [7, 11) is 1.82. The van der Waals surface area contributed by atoms with Crippen molar-refractivity contribution in [3.8, 4) is 0 Å². The fourth-order valence-corrected chi connectivity index (χ4v) is 2.60. The molecule has 0 saturated carbocycles. The minimum absolute atomic E-state index is 0.00463. The van der Waals surface area contributed by atoms with Gasteiger partial charge in [0.2, 0.25) is 5.91 Å². The zero-order valence-electron chi connectivity index (χ0n) is 11.5. The van der Waals surface area contributed by atoms with E-state index in [1.54, 1.807) is 4.90 Å². The maximum atomic E-state index is 12.1. The van der Waals surface area contributed by atoms with Gasteiger partial charge in [0, 0.05) is 25.2 Å². The lowest BCUT2D eigenvalue weighted by Crippen LogP contribution is -2.38. The Morgan fingerprint density at radius 2 is 2.25 bits per heavy atom. The molecule has 2 heterocycles. The van der Waals surface area contributed by atoms with Crippen molar-refractivity contribution in [1.29, 1.82) is 0 Å². The zero-order valence-corrected chi connectivity index (χ0v) is 11.5. The van der Waals surface area contributed by atoms with Crippen LogP contribution in [0.1, 0.15) is 36.8 Å². The molecule has 0 saturated heterocycles. The Morgan fingerprint density at radius 3 is 3.00 bits per heavy atom. The average molecular weight is 271 g/mol. The molecule has 0 radical (unpaired) electrons. The van der Waals surface area contributed by atoms with Crippen molar-refractivity contribution < 1.29 is 4.79 Å². The smallest absolute Gasteiger partial charge is 0.228 e. The van der Waals surface area contributed by atoms with E-state index in [4.69, 9.17) is 0 Å². The second-order valence-corrected chi connectivity index (χ2v) is 5.03. The van der Waals surface area contributed by atoms with Crippen molar-refractivity contribution in [2.45, 2.75) is 25.4 Å². The summed E-state index contributed by atoms with van der Waals surface area (Å²) in [5.41, 5.74) is 2.10. The van der Waals surface area contributed by atoms with Gasteiger partial charge in [0.15, 0.2) is 0 Å². The van der Waals surface area contributed by atoms with Crippen LogP contribution in [0.4, 0.5) is 5.69 Å². The molecule has 0 fully saturated rings. The van der Waals surface area contributed by atoms with Gasteiger partial charge in [0.25, 0.3) is 0 Å². The van der Waals surface area contributed by atoms with Crippen LogP contribution in [0.2, 0.25) is 0 Å². The molecule has 1 aliphatic heterocycles. The normalized spacial score (nSPS) is 19.8. The number of aromatic nitrogens is 3. The van der Waals surface area contributed by atoms with Crippen molar-refractivity contribution in [3.05, 3.63) is 42.0 Å². The van der Waals surface area contributed by atoms with Crippen molar-refractivity contribution in [2.24, 2.45) is 0 Å². The Hall–Kier alpha value is -2.21. The number of hydrogen-bond donors (Lipinski definition) is 2. The molecule has 0 spiro atoms. The molecule has 6 nitrogen and oxygen atoms in total.